The molecule has 12 heteroatoms. The highest BCUT2D eigenvalue weighted by Crippen LogP contribution is 2.43. The molecule has 0 aromatic carbocycles. The Balaban J connectivity index is 4.27. The molecule has 1 unspecified atom stereocenters. The van der Waals surface area contributed by atoms with Crippen LogP contribution in [0.3, 0.4) is 0 Å². The van der Waals surface area contributed by atoms with E-state index in [0.29, 0.717) is 12.8 Å². The van der Waals surface area contributed by atoms with Crippen molar-refractivity contribution in [3.63, 3.8) is 0 Å². The number of hydrogen-bond acceptors (Lipinski definition) is 9. The van der Waals surface area contributed by atoms with Gasteiger partial charge in [0.25, 0.3) is 0 Å². The van der Waals surface area contributed by atoms with E-state index < -0.39 is 51.1 Å². The zero-order chi connectivity index (χ0) is 44.2. The topological polar surface area (TPSA) is 172 Å². The van der Waals surface area contributed by atoms with Gasteiger partial charge >= 0.3 is 25.7 Å². The average molecular weight is 872 g/mol. The van der Waals surface area contributed by atoms with Gasteiger partial charge in [0.1, 0.15) is 12.6 Å². The van der Waals surface area contributed by atoms with E-state index in [1.54, 1.807) is 0 Å². The van der Waals surface area contributed by atoms with Crippen molar-refractivity contribution >= 4 is 25.7 Å². The highest BCUT2D eigenvalue weighted by Gasteiger charge is 2.28. The second kappa shape index (κ2) is 43.6. The van der Waals surface area contributed by atoms with Gasteiger partial charge in [0, 0.05) is 12.8 Å². The summed E-state index contributed by atoms with van der Waals surface area (Å²) in [5.41, 5.74) is 5.35. The van der Waals surface area contributed by atoms with Gasteiger partial charge in [0.2, 0.25) is 0 Å². The highest BCUT2D eigenvalue weighted by molar-refractivity contribution is 7.47. The van der Waals surface area contributed by atoms with Crippen molar-refractivity contribution in [2.75, 3.05) is 19.8 Å². The minimum atomic E-state index is -4.72. The normalized spacial score (nSPS) is 13.8. The minimum absolute atomic E-state index is 0.161. The van der Waals surface area contributed by atoms with Crippen LogP contribution in [-0.4, -0.2) is 59.9 Å². The Hall–Kier alpha value is -2.04. The summed E-state index contributed by atoms with van der Waals surface area (Å²) in [4.78, 5) is 46.1. The Morgan fingerprint density at radius 1 is 0.500 bits per heavy atom. The number of rotatable bonds is 46. The number of hydrogen-bond donors (Lipinski definition) is 3. The average Bonchev–Trinajstić information content (AvgIpc) is 3.22. The Kier molecular flexibility index (Phi) is 42.1. The van der Waals surface area contributed by atoms with Gasteiger partial charge in [-0.05, 0) is 64.2 Å². The lowest BCUT2D eigenvalue weighted by Crippen LogP contribution is -2.34. The number of phosphoric acid groups is 1. The number of nitrogens with two attached hydrogens (primary N) is 1. The lowest BCUT2D eigenvalue weighted by atomic mass is 10.1. The number of unbranched alkanes of at least 4 members (excludes halogenated alkanes) is 28. The Labute approximate surface area is 366 Å². The van der Waals surface area contributed by atoms with E-state index in [-0.39, 0.29) is 19.4 Å². The monoisotopic (exact) mass is 872 g/mol. The van der Waals surface area contributed by atoms with Crippen LogP contribution in [0.5, 0.6) is 0 Å². The fourth-order valence-electron chi connectivity index (χ4n) is 6.82. The fourth-order valence-corrected chi connectivity index (χ4v) is 7.60. The Morgan fingerprint density at radius 3 is 1.23 bits per heavy atom. The van der Waals surface area contributed by atoms with Crippen LogP contribution in [0.1, 0.15) is 232 Å². The van der Waals surface area contributed by atoms with E-state index in [2.05, 4.69) is 42.7 Å². The number of carboxylic acids is 1. The number of carbonyl (C=O) groups is 3. The van der Waals surface area contributed by atoms with Crippen LogP contribution in [0.25, 0.3) is 0 Å². The second-order valence-corrected chi connectivity index (χ2v) is 18.0. The van der Waals surface area contributed by atoms with Crippen molar-refractivity contribution in [3.8, 4) is 0 Å². The maximum Gasteiger partial charge on any atom is 0.472 e. The van der Waals surface area contributed by atoms with Crippen LogP contribution in [0.15, 0.2) is 24.3 Å². The second-order valence-electron chi connectivity index (χ2n) is 16.6. The van der Waals surface area contributed by atoms with E-state index >= 15 is 0 Å². The van der Waals surface area contributed by atoms with Crippen LogP contribution in [0, 0.1) is 0 Å². The zero-order valence-corrected chi connectivity index (χ0v) is 39.2. The molecule has 0 amide bonds. The third-order valence-corrected chi connectivity index (χ3v) is 11.6. The smallest absolute Gasteiger partial charge is 0.472 e. The lowest BCUT2D eigenvalue weighted by Gasteiger charge is -2.20. The number of ether oxygens (including phenoxy) is 2. The van der Waals surface area contributed by atoms with Gasteiger partial charge in [0.15, 0.2) is 6.10 Å². The third-order valence-electron chi connectivity index (χ3n) is 10.7. The first-order valence-corrected chi connectivity index (χ1v) is 25.9. The summed E-state index contributed by atoms with van der Waals surface area (Å²) in [7, 11) is -4.72. The maximum atomic E-state index is 12.7. The molecular weight excluding hydrogens is 781 g/mol. The standard InChI is InChI=1S/C48H90NO10P/c1-3-5-7-9-11-13-15-17-19-21-22-24-25-27-29-31-33-35-37-39-46(50)56-41-44(42-57-60(54,55)58-43-45(49)48(52)53)59-47(51)40-38-36-34-32-30-28-26-23-20-18-16-14-12-10-8-6-4-2/h14,16-17,19,44-45H,3-13,15,18,20-43,49H2,1-2H3,(H,52,53)(H,54,55)/b16-14+,19-17+/t44-,45+/m1/s1. The largest absolute Gasteiger partial charge is 0.480 e. The van der Waals surface area contributed by atoms with Crippen LogP contribution >= 0.6 is 7.82 Å². The van der Waals surface area contributed by atoms with E-state index in [0.717, 1.165) is 38.5 Å². The molecule has 0 aliphatic heterocycles. The first kappa shape index (κ1) is 58.0. The van der Waals surface area contributed by atoms with Crippen molar-refractivity contribution in [3.05, 3.63) is 24.3 Å². The molecule has 352 valence electrons. The molecule has 0 rings (SSSR count). The molecule has 0 saturated heterocycles. The zero-order valence-electron chi connectivity index (χ0n) is 38.3. The van der Waals surface area contributed by atoms with Gasteiger partial charge in [0.05, 0.1) is 13.2 Å². The van der Waals surface area contributed by atoms with Crippen LogP contribution < -0.4 is 5.73 Å². The van der Waals surface area contributed by atoms with Gasteiger partial charge in [-0.25, -0.2) is 4.57 Å². The van der Waals surface area contributed by atoms with Crippen molar-refractivity contribution in [2.45, 2.75) is 244 Å². The van der Waals surface area contributed by atoms with E-state index in [1.807, 2.05) is 0 Å². The molecule has 0 saturated carbocycles. The summed E-state index contributed by atoms with van der Waals surface area (Å²) in [6.45, 7) is 2.82. The summed E-state index contributed by atoms with van der Waals surface area (Å²) in [5.74, 6) is -2.37. The molecule has 11 nitrogen and oxygen atoms in total. The molecule has 0 radical (unpaired) electrons. The van der Waals surface area contributed by atoms with Crippen LogP contribution in [0.2, 0.25) is 0 Å². The van der Waals surface area contributed by atoms with E-state index in [9.17, 15) is 23.8 Å². The fraction of sp³-hybridized carbons (Fsp3) is 0.854. The maximum absolute atomic E-state index is 12.7. The predicted molar refractivity (Wildman–Crippen MR) is 245 cm³/mol. The minimum Gasteiger partial charge on any atom is -0.480 e. The van der Waals surface area contributed by atoms with Crippen molar-refractivity contribution in [1.29, 1.82) is 0 Å². The third kappa shape index (κ3) is 42.6. The van der Waals surface area contributed by atoms with Crippen LogP contribution in [0.4, 0.5) is 0 Å². The van der Waals surface area contributed by atoms with Crippen LogP contribution in [-0.2, 0) is 37.5 Å². The van der Waals surface area contributed by atoms with Crippen molar-refractivity contribution in [2.24, 2.45) is 5.73 Å². The van der Waals surface area contributed by atoms with Gasteiger partial charge in [-0.15, -0.1) is 0 Å². The molecule has 4 N–H and O–H groups in total. The Morgan fingerprint density at radius 2 is 0.833 bits per heavy atom. The molecule has 0 aliphatic rings. The number of phosphoric ester groups is 1. The SMILES string of the molecule is CCCCCC/C=C/CCCCCCCCCCCC(=O)O[C@H](COC(=O)CCCCCCCCCCC/C=C/CCCCCCCC)COP(=O)(O)OC[C@H](N)C(=O)O. The molecule has 0 fully saturated rings. The summed E-state index contributed by atoms with van der Waals surface area (Å²) in [6, 6.07) is -1.52. The number of allylic oxidation sites excluding steroid dienone is 4. The summed E-state index contributed by atoms with van der Waals surface area (Å²) >= 11 is 0. The molecule has 0 bridgehead atoms. The van der Waals surface area contributed by atoms with E-state index in [1.165, 1.54) is 154 Å². The molecule has 3 atom stereocenters. The molecule has 0 aliphatic carbocycles. The molecule has 0 aromatic heterocycles. The lowest BCUT2D eigenvalue weighted by molar-refractivity contribution is -0.161. The number of carboxylic acid groups (broad SMARTS) is 1. The molecule has 0 spiro atoms. The molecule has 60 heavy (non-hydrogen) atoms. The quantitative estimate of drug-likeness (QED) is 0.0230. The van der Waals surface area contributed by atoms with Gasteiger partial charge < -0.3 is 25.2 Å². The molecule has 0 heterocycles. The van der Waals surface area contributed by atoms with Gasteiger partial charge in [-0.2, -0.15) is 0 Å². The first-order chi connectivity index (χ1) is 29.1. The summed E-state index contributed by atoms with van der Waals surface area (Å²) in [6.07, 6.45) is 46.6. The Bertz CT molecular complexity index is 1120. The summed E-state index contributed by atoms with van der Waals surface area (Å²) in [5, 5.41) is 8.91. The van der Waals surface area contributed by atoms with Crippen molar-refractivity contribution < 1.29 is 47.5 Å². The number of aliphatic carboxylic acids is 1. The number of esters is 2. The highest BCUT2D eigenvalue weighted by atomic mass is 31.2. The molecular formula is C48H90NO10P. The van der Waals surface area contributed by atoms with Gasteiger partial charge in [-0.3, -0.25) is 23.4 Å². The van der Waals surface area contributed by atoms with Crippen molar-refractivity contribution in [1.82, 2.24) is 0 Å². The van der Waals surface area contributed by atoms with Gasteiger partial charge in [-0.1, -0.05) is 179 Å². The van der Waals surface area contributed by atoms with E-state index in [4.69, 9.17) is 24.8 Å². The molecule has 0 aromatic rings. The summed E-state index contributed by atoms with van der Waals surface area (Å²) < 4.78 is 32.8. The predicted octanol–water partition coefficient (Wildman–Crippen LogP) is 13.4. The number of carbonyl (C=O) groups excluding carboxylic acids is 2. The first-order valence-electron chi connectivity index (χ1n) is 24.4.